The number of esters is 1. The molecule has 0 bridgehead atoms. The van der Waals surface area contributed by atoms with Crippen molar-refractivity contribution in [2.75, 3.05) is 19.0 Å². The molecule has 3 aromatic rings. The highest BCUT2D eigenvalue weighted by atomic mass is 32.1. The van der Waals surface area contributed by atoms with E-state index in [1.165, 1.54) is 24.0 Å². The first kappa shape index (κ1) is 22.6. The molecule has 0 aliphatic carbocycles. The van der Waals surface area contributed by atoms with Crippen LogP contribution >= 0.6 is 11.3 Å². The van der Waals surface area contributed by atoms with Gasteiger partial charge in [-0.15, -0.1) is 11.3 Å². The van der Waals surface area contributed by atoms with E-state index in [1.54, 1.807) is 0 Å². The molecule has 0 radical (unpaired) electrons. The van der Waals surface area contributed by atoms with Crippen molar-refractivity contribution >= 4 is 28.2 Å². The third kappa shape index (κ3) is 5.14. The van der Waals surface area contributed by atoms with Crippen LogP contribution in [0.4, 0.5) is 5.00 Å². The van der Waals surface area contributed by atoms with Crippen molar-refractivity contribution in [1.29, 1.82) is 0 Å². The molecule has 31 heavy (non-hydrogen) atoms. The first-order valence-electron chi connectivity index (χ1n) is 10.1. The summed E-state index contributed by atoms with van der Waals surface area (Å²) in [5.41, 5.74) is 4.41. The summed E-state index contributed by atoms with van der Waals surface area (Å²) in [5, 5.41) is 3.29. The highest BCUT2D eigenvalue weighted by Crippen LogP contribution is 2.40. The molecule has 162 valence electrons. The number of ether oxygens (including phenoxy) is 2. The number of methoxy groups -OCH3 is 1. The molecule has 1 N–H and O–H groups in total. The molecule has 5 nitrogen and oxygen atoms in total. The molecule has 0 fully saturated rings. The third-order valence-corrected chi connectivity index (χ3v) is 6.04. The highest BCUT2D eigenvalue weighted by Gasteiger charge is 2.25. The summed E-state index contributed by atoms with van der Waals surface area (Å²) in [5.74, 6) is 0.239. The van der Waals surface area contributed by atoms with Crippen molar-refractivity contribution in [3.8, 4) is 16.9 Å². The minimum Gasteiger partial charge on any atom is -0.484 e. The van der Waals surface area contributed by atoms with E-state index >= 15 is 0 Å². The number of thiophene rings is 1. The monoisotopic (exact) mass is 437 g/mol. The van der Waals surface area contributed by atoms with Gasteiger partial charge in [-0.3, -0.25) is 4.79 Å². The Morgan fingerprint density at radius 1 is 1.06 bits per heavy atom. The maximum atomic E-state index is 12.6. The number of amides is 1. The zero-order valence-corrected chi connectivity index (χ0v) is 19.3. The van der Waals surface area contributed by atoms with Crippen LogP contribution in [0.1, 0.15) is 46.1 Å². The number of nitrogens with one attached hydrogen (secondary N) is 1. The fourth-order valence-electron chi connectivity index (χ4n) is 3.58. The Hall–Kier alpha value is -3.12. The van der Waals surface area contributed by atoms with Gasteiger partial charge in [0.15, 0.2) is 6.61 Å². The molecule has 3 rings (SSSR count). The van der Waals surface area contributed by atoms with Crippen LogP contribution in [0.15, 0.2) is 48.5 Å². The van der Waals surface area contributed by atoms with Gasteiger partial charge >= 0.3 is 5.97 Å². The van der Waals surface area contributed by atoms with E-state index in [9.17, 15) is 9.59 Å². The first-order chi connectivity index (χ1) is 14.8. The molecule has 0 aliphatic rings. The lowest BCUT2D eigenvalue weighted by molar-refractivity contribution is -0.118. The lowest BCUT2D eigenvalue weighted by Gasteiger charge is -2.12. The number of aryl methyl sites for hydroxylation is 2. The molecule has 0 unspecified atom stereocenters. The van der Waals surface area contributed by atoms with Crippen LogP contribution in [0.25, 0.3) is 11.1 Å². The molecule has 0 spiro atoms. The molecular formula is C25H27NO4S. The van der Waals surface area contributed by atoms with Crippen LogP contribution in [-0.2, 0) is 9.53 Å². The van der Waals surface area contributed by atoms with E-state index in [0.717, 1.165) is 21.6 Å². The number of rotatable bonds is 7. The SMILES string of the molecule is COC(=O)c1c(NC(=O)COc2ccc(C(C)C)c(C)c2)sc(C)c1-c1ccccc1. The molecule has 0 saturated heterocycles. The van der Waals surface area contributed by atoms with E-state index < -0.39 is 5.97 Å². The van der Waals surface area contributed by atoms with E-state index in [1.807, 2.05) is 62.4 Å². The van der Waals surface area contributed by atoms with Crippen molar-refractivity contribution in [3.05, 3.63) is 70.1 Å². The molecule has 1 aromatic heterocycles. The van der Waals surface area contributed by atoms with Crippen molar-refractivity contribution in [1.82, 2.24) is 0 Å². The zero-order chi connectivity index (χ0) is 22.5. The zero-order valence-electron chi connectivity index (χ0n) is 18.4. The highest BCUT2D eigenvalue weighted by molar-refractivity contribution is 7.17. The largest absolute Gasteiger partial charge is 0.484 e. The van der Waals surface area contributed by atoms with Gasteiger partial charge in [-0.05, 0) is 48.6 Å². The fourth-order valence-corrected chi connectivity index (χ4v) is 4.66. The Bertz CT molecular complexity index is 1090. The fraction of sp³-hybridized carbons (Fsp3) is 0.280. The second-order valence-corrected chi connectivity index (χ2v) is 8.83. The van der Waals surface area contributed by atoms with Crippen LogP contribution in [0.3, 0.4) is 0 Å². The molecule has 0 saturated carbocycles. The summed E-state index contributed by atoms with van der Waals surface area (Å²) in [4.78, 5) is 26.0. The first-order valence-corrected chi connectivity index (χ1v) is 10.9. The predicted octanol–water partition coefficient (Wildman–Crippen LogP) is 5.96. The van der Waals surface area contributed by atoms with E-state index in [2.05, 4.69) is 19.2 Å². The summed E-state index contributed by atoms with van der Waals surface area (Å²) in [6.07, 6.45) is 0. The second kappa shape index (κ2) is 9.79. The Balaban J connectivity index is 1.78. The number of hydrogen-bond donors (Lipinski definition) is 1. The quantitative estimate of drug-likeness (QED) is 0.463. The topological polar surface area (TPSA) is 64.6 Å². The normalized spacial score (nSPS) is 10.8. The number of hydrogen-bond acceptors (Lipinski definition) is 5. The lowest BCUT2D eigenvalue weighted by Crippen LogP contribution is -2.21. The number of carbonyl (C=O) groups is 2. The minimum atomic E-state index is -0.487. The molecule has 6 heteroatoms. The molecule has 1 amide bonds. The molecule has 0 atom stereocenters. The maximum absolute atomic E-state index is 12.6. The van der Waals surface area contributed by atoms with Crippen molar-refractivity contribution in [3.63, 3.8) is 0 Å². The van der Waals surface area contributed by atoms with Crippen LogP contribution in [0.2, 0.25) is 0 Å². The molecule has 0 aliphatic heterocycles. The van der Waals surface area contributed by atoms with Crippen LogP contribution in [-0.4, -0.2) is 25.6 Å². The van der Waals surface area contributed by atoms with Crippen LogP contribution in [0, 0.1) is 13.8 Å². The van der Waals surface area contributed by atoms with Crippen molar-refractivity contribution in [2.24, 2.45) is 0 Å². The van der Waals surface area contributed by atoms with Gasteiger partial charge in [-0.25, -0.2) is 4.79 Å². The van der Waals surface area contributed by atoms with Gasteiger partial charge in [0.2, 0.25) is 0 Å². The number of carbonyl (C=O) groups excluding carboxylic acids is 2. The Labute approximate surface area is 187 Å². The van der Waals surface area contributed by atoms with Gasteiger partial charge in [0, 0.05) is 10.4 Å². The van der Waals surface area contributed by atoms with Crippen molar-refractivity contribution in [2.45, 2.75) is 33.6 Å². The van der Waals surface area contributed by atoms with E-state index in [0.29, 0.717) is 22.2 Å². The summed E-state index contributed by atoms with van der Waals surface area (Å²) in [7, 11) is 1.34. The smallest absolute Gasteiger partial charge is 0.341 e. The van der Waals surface area contributed by atoms with Gasteiger partial charge in [0.25, 0.3) is 5.91 Å². The van der Waals surface area contributed by atoms with Gasteiger partial charge in [0.05, 0.1) is 7.11 Å². The Morgan fingerprint density at radius 2 is 1.77 bits per heavy atom. The maximum Gasteiger partial charge on any atom is 0.341 e. The summed E-state index contributed by atoms with van der Waals surface area (Å²) >= 11 is 1.35. The van der Waals surface area contributed by atoms with Crippen molar-refractivity contribution < 1.29 is 19.1 Å². The summed E-state index contributed by atoms with van der Waals surface area (Å²) < 4.78 is 10.7. The average Bonchev–Trinajstić information content (AvgIpc) is 3.07. The average molecular weight is 438 g/mol. The summed E-state index contributed by atoms with van der Waals surface area (Å²) in [6.45, 7) is 8.08. The second-order valence-electron chi connectivity index (χ2n) is 7.60. The molecule has 2 aromatic carbocycles. The molecular weight excluding hydrogens is 410 g/mol. The summed E-state index contributed by atoms with van der Waals surface area (Å²) in [6, 6.07) is 15.4. The Kier molecular flexibility index (Phi) is 7.13. The predicted molar refractivity (Wildman–Crippen MR) is 125 cm³/mol. The number of benzene rings is 2. The van der Waals surface area contributed by atoms with Gasteiger partial charge in [-0.2, -0.15) is 0 Å². The van der Waals surface area contributed by atoms with E-state index in [4.69, 9.17) is 9.47 Å². The molecule has 1 heterocycles. The Morgan fingerprint density at radius 3 is 2.39 bits per heavy atom. The van der Waals surface area contributed by atoms with Gasteiger partial charge < -0.3 is 14.8 Å². The number of anilines is 1. The van der Waals surface area contributed by atoms with Crippen LogP contribution in [0.5, 0.6) is 5.75 Å². The van der Waals surface area contributed by atoms with Crippen LogP contribution < -0.4 is 10.1 Å². The van der Waals surface area contributed by atoms with Gasteiger partial charge in [-0.1, -0.05) is 50.2 Å². The van der Waals surface area contributed by atoms with E-state index in [-0.39, 0.29) is 12.5 Å². The van der Waals surface area contributed by atoms with Gasteiger partial charge in [0.1, 0.15) is 16.3 Å². The lowest BCUT2D eigenvalue weighted by atomic mass is 9.98. The standard InChI is InChI=1S/C25H27NO4S/c1-15(2)20-12-11-19(13-16(20)3)30-14-21(27)26-24-23(25(28)29-5)22(17(4)31-24)18-9-7-6-8-10-18/h6-13,15H,14H2,1-5H3,(H,26,27). The third-order valence-electron chi connectivity index (χ3n) is 5.02. The minimum absolute atomic E-state index is 0.154.